The number of methoxy groups -OCH3 is 3. The van der Waals surface area contributed by atoms with Crippen molar-refractivity contribution in [1.82, 2.24) is 0 Å². The summed E-state index contributed by atoms with van der Waals surface area (Å²) in [6.45, 7) is 0. The zero-order chi connectivity index (χ0) is 14.3. The van der Waals surface area contributed by atoms with Gasteiger partial charge in [0, 0.05) is 0 Å². The molecule has 0 saturated carbocycles. The van der Waals surface area contributed by atoms with Gasteiger partial charge in [0.15, 0.2) is 0 Å². The number of esters is 2. The number of hydrogen-bond acceptors (Lipinski definition) is 8. The van der Waals surface area contributed by atoms with Crippen molar-refractivity contribution in [2.45, 2.75) is 0 Å². The van der Waals surface area contributed by atoms with E-state index in [1.807, 2.05) is 0 Å². The molecule has 0 aliphatic heterocycles. The van der Waals surface area contributed by atoms with E-state index in [0.717, 1.165) is 28.4 Å². The monoisotopic (exact) mass is 284 g/mol. The van der Waals surface area contributed by atoms with Crippen LogP contribution < -0.4 is 0 Å². The molecule has 1 atom stereocenters. The first kappa shape index (κ1) is 16.6. The van der Waals surface area contributed by atoms with E-state index in [1.54, 1.807) is 0 Å². The fraction of sp³-hybridized carbons (Fsp3) is 0.500. The number of ether oxygens (including phenoxy) is 3. The minimum atomic E-state index is -4.76. The number of hydrogen-bond donors (Lipinski definition) is 1. The molecular weight excluding hydrogens is 271 g/mol. The first-order valence-corrected chi connectivity index (χ1v) is 5.94. The predicted molar refractivity (Wildman–Crippen MR) is 56.0 cm³/mol. The summed E-state index contributed by atoms with van der Waals surface area (Å²) >= 11 is 0. The highest BCUT2D eigenvalue weighted by Crippen LogP contribution is 2.52. The molecule has 104 valence electrons. The third-order valence-electron chi connectivity index (χ3n) is 1.63. The summed E-state index contributed by atoms with van der Waals surface area (Å²) in [5.41, 5.74) is 0. The summed E-state index contributed by atoms with van der Waals surface area (Å²) in [4.78, 5) is 36.2. The van der Waals surface area contributed by atoms with Gasteiger partial charge in [-0.3, -0.25) is 4.57 Å². The molecule has 0 spiro atoms. The highest BCUT2D eigenvalue weighted by atomic mass is 31.2. The summed E-state index contributed by atoms with van der Waals surface area (Å²) in [6, 6.07) is 0. The maximum Gasteiger partial charge on any atom is 0.397 e. The van der Waals surface area contributed by atoms with Gasteiger partial charge in [-0.25, -0.2) is 14.5 Å². The third-order valence-corrected chi connectivity index (χ3v) is 2.93. The van der Waals surface area contributed by atoms with Crippen LogP contribution in [0.3, 0.4) is 0 Å². The molecular formula is C8H13O9P. The Morgan fingerprint density at radius 3 is 1.78 bits per heavy atom. The van der Waals surface area contributed by atoms with Crippen molar-refractivity contribution < 1.29 is 42.8 Å². The second-order valence-electron chi connectivity index (χ2n) is 2.63. The highest BCUT2D eigenvalue weighted by Gasteiger charge is 2.41. The Bertz CT molecular complexity index is 399. The zero-order valence-corrected chi connectivity index (χ0v) is 11.1. The molecule has 0 radical (unpaired) electrons. The molecule has 0 aromatic heterocycles. The Morgan fingerprint density at radius 2 is 1.44 bits per heavy atom. The second-order valence-corrected chi connectivity index (χ2v) is 4.26. The molecule has 0 rings (SSSR count). The van der Waals surface area contributed by atoms with Crippen molar-refractivity contribution in [2.75, 3.05) is 28.4 Å². The van der Waals surface area contributed by atoms with Gasteiger partial charge >= 0.3 is 19.5 Å². The number of carbonyl (C=O) groups is 2. The Morgan fingerprint density at radius 1 is 0.944 bits per heavy atom. The van der Waals surface area contributed by atoms with Gasteiger partial charge in [0.25, 0.3) is 0 Å². The van der Waals surface area contributed by atoms with Crippen LogP contribution in [0.25, 0.3) is 0 Å². The quantitative estimate of drug-likeness (QED) is 0.179. The van der Waals surface area contributed by atoms with E-state index in [0.29, 0.717) is 0 Å². The van der Waals surface area contributed by atoms with E-state index in [-0.39, 0.29) is 0 Å². The van der Waals surface area contributed by atoms with Gasteiger partial charge in [-0.05, 0) is 0 Å². The summed E-state index contributed by atoms with van der Waals surface area (Å²) in [5, 5.41) is -1.03. The van der Waals surface area contributed by atoms with Gasteiger partial charge in [0.05, 0.1) is 28.4 Å². The van der Waals surface area contributed by atoms with E-state index in [9.17, 15) is 19.0 Å². The highest BCUT2D eigenvalue weighted by molar-refractivity contribution is 7.58. The van der Waals surface area contributed by atoms with Crippen molar-refractivity contribution in [3.8, 4) is 0 Å². The van der Waals surface area contributed by atoms with Crippen molar-refractivity contribution >= 4 is 19.5 Å². The Balaban J connectivity index is 5.88. The average Bonchev–Trinajstić information content (AvgIpc) is 2.33. The smallest absolute Gasteiger partial charge is 0.397 e. The van der Waals surface area contributed by atoms with Crippen molar-refractivity contribution in [2.24, 2.45) is 0 Å². The van der Waals surface area contributed by atoms with Gasteiger partial charge in [-0.2, -0.15) is 0 Å². The van der Waals surface area contributed by atoms with Gasteiger partial charge in [0.2, 0.25) is 11.1 Å². The van der Waals surface area contributed by atoms with E-state index >= 15 is 0 Å². The number of carbonyl (C=O) groups excluding carboxylic acids is 2. The lowest BCUT2D eigenvalue weighted by Gasteiger charge is -2.14. The molecule has 0 aliphatic carbocycles. The molecule has 0 fully saturated rings. The maximum absolute atomic E-state index is 11.7. The van der Waals surface area contributed by atoms with E-state index < -0.39 is 30.6 Å². The maximum atomic E-state index is 11.7. The van der Waals surface area contributed by atoms with Crippen LogP contribution in [0.4, 0.5) is 0 Å². The van der Waals surface area contributed by atoms with Gasteiger partial charge in [0.1, 0.15) is 0 Å². The number of rotatable bonds is 6. The van der Waals surface area contributed by atoms with Crippen LogP contribution in [0, 0.1) is 0 Å². The SMILES string of the molecule is COOP(=O)(O)/C(C(=O)OC)=C(\OC)C(=O)OC. The Labute approximate surface area is 103 Å². The molecule has 0 heterocycles. The van der Waals surface area contributed by atoms with Crippen LogP contribution in [0.15, 0.2) is 11.1 Å². The molecule has 0 saturated heterocycles. The van der Waals surface area contributed by atoms with Gasteiger partial charge in [-0.1, -0.05) is 0 Å². The fourth-order valence-corrected chi connectivity index (χ4v) is 1.98. The molecule has 18 heavy (non-hydrogen) atoms. The standard InChI is InChI=1S/C8H13O9P/c1-13-5(7(9)14-2)6(8(10)15-3)18(11,12)17-16-4/h1-4H3,(H,11,12)/b6-5-. The second kappa shape index (κ2) is 7.12. The summed E-state index contributed by atoms with van der Waals surface area (Å²) in [6.07, 6.45) is 0. The van der Waals surface area contributed by atoms with Crippen LogP contribution in [0.1, 0.15) is 0 Å². The summed E-state index contributed by atoms with van der Waals surface area (Å²) in [5.74, 6) is -3.25. The van der Waals surface area contributed by atoms with Crippen LogP contribution in [0.5, 0.6) is 0 Å². The Kier molecular flexibility index (Phi) is 6.56. The first-order chi connectivity index (χ1) is 8.35. The topological polar surface area (TPSA) is 118 Å². The van der Waals surface area contributed by atoms with Crippen molar-refractivity contribution in [3.63, 3.8) is 0 Å². The van der Waals surface area contributed by atoms with Crippen molar-refractivity contribution in [1.29, 1.82) is 0 Å². The van der Waals surface area contributed by atoms with Gasteiger partial charge in [-0.15, -0.1) is 4.67 Å². The molecule has 1 unspecified atom stereocenters. The minimum Gasteiger partial charge on any atom is -0.489 e. The average molecular weight is 284 g/mol. The zero-order valence-electron chi connectivity index (χ0n) is 10.2. The third kappa shape index (κ3) is 3.81. The van der Waals surface area contributed by atoms with E-state index in [2.05, 4.69) is 23.8 Å². The van der Waals surface area contributed by atoms with Crippen LogP contribution in [0.2, 0.25) is 0 Å². The molecule has 0 aromatic rings. The lowest BCUT2D eigenvalue weighted by molar-refractivity contribution is -0.184. The molecule has 9 nitrogen and oxygen atoms in total. The van der Waals surface area contributed by atoms with Crippen LogP contribution in [-0.2, 0) is 37.9 Å². The molecule has 0 aliphatic rings. The van der Waals surface area contributed by atoms with Crippen LogP contribution in [-0.4, -0.2) is 45.3 Å². The van der Waals surface area contributed by atoms with E-state index in [4.69, 9.17) is 0 Å². The largest absolute Gasteiger partial charge is 0.489 e. The lowest BCUT2D eigenvalue weighted by atomic mass is 10.4. The van der Waals surface area contributed by atoms with Crippen molar-refractivity contribution in [3.05, 3.63) is 11.1 Å². The van der Waals surface area contributed by atoms with Crippen LogP contribution >= 0.6 is 7.60 Å². The summed E-state index contributed by atoms with van der Waals surface area (Å²) < 4.78 is 28.9. The minimum absolute atomic E-state index is 0.813. The van der Waals surface area contributed by atoms with Gasteiger partial charge < -0.3 is 19.1 Å². The lowest BCUT2D eigenvalue weighted by Crippen LogP contribution is -2.17. The molecule has 10 heteroatoms. The predicted octanol–water partition coefficient (Wildman–Crippen LogP) is -0.0462. The molecule has 0 amide bonds. The summed E-state index contributed by atoms with van der Waals surface area (Å²) in [7, 11) is -0.869. The fourth-order valence-electron chi connectivity index (χ4n) is 0.941. The normalized spacial score (nSPS) is 15.2. The Hall–Kier alpha value is -1.41. The van der Waals surface area contributed by atoms with E-state index in [1.165, 1.54) is 0 Å². The first-order valence-electron chi connectivity index (χ1n) is 4.36. The molecule has 0 bridgehead atoms. The molecule has 0 aromatic carbocycles. The molecule has 1 N–H and O–H groups in total.